The van der Waals surface area contributed by atoms with E-state index in [9.17, 15) is 8.78 Å². The van der Waals surface area contributed by atoms with Gasteiger partial charge >= 0.3 is 0 Å². The molecular formula is C24H36F2O3. The van der Waals surface area contributed by atoms with Crippen LogP contribution in [0, 0.1) is 29.4 Å². The van der Waals surface area contributed by atoms with E-state index in [4.69, 9.17) is 14.2 Å². The molecule has 1 aromatic rings. The molecule has 1 saturated carbocycles. The number of benzene rings is 1. The fraction of sp³-hybridized carbons (Fsp3) is 0.750. The van der Waals surface area contributed by atoms with Gasteiger partial charge in [-0.15, -0.1) is 0 Å². The zero-order valence-corrected chi connectivity index (χ0v) is 17.9. The van der Waals surface area contributed by atoms with Crippen molar-refractivity contribution in [3.05, 3.63) is 23.8 Å². The molecule has 2 aliphatic rings. The third-order valence-corrected chi connectivity index (χ3v) is 6.47. The maximum atomic E-state index is 14.2. The van der Waals surface area contributed by atoms with Gasteiger partial charge < -0.3 is 14.2 Å². The Balaban J connectivity index is 1.42. The van der Waals surface area contributed by atoms with Gasteiger partial charge in [0, 0.05) is 5.92 Å². The first-order valence-electron chi connectivity index (χ1n) is 11.5. The van der Waals surface area contributed by atoms with Crippen LogP contribution < -0.4 is 9.47 Å². The van der Waals surface area contributed by atoms with Crippen molar-refractivity contribution in [2.75, 3.05) is 19.8 Å². The molecule has 2 atom stereocenters. The maximum absolute atomic E-state index is 14.2. The second kappa shape index (κ2) is 11.1. The normalized spacial score (nSPS) is 27.6. The minimum absolute atomic E-state index is 0.0530. The first-order chi connectivity index (χ1) is 14.1. The number of halogens is 2. The zero-order chi connectivity index (χ0) is 20.6. The molecule has 0 bridgehead atoms. The van der Waals surface area contributed by atoms with Crippen LogP contribution in [0.25, 0.3) is 0 Å². The molecule has 0 spiro atoms. The molecule has 2 unspecified atom stereocenters. The van der Waals surface area contributed by atoms with E-state index in [-0.39, 0.29) is 17.4 Å². The number of hydrogen-bond donors (Lipinski definition) is 0. The van der Waals surface area contributed by atoms with Gasteiger partial charge in [-0.2, -0.15) is 8.78 Å². The Kier molecular flexibility index (Phi) is 8.58. The third kappa shape index (κ3) is 6.07. The SMILES string of the molecule is CCCOc1ccc(OCC2CCC(C3CCC(CCC)CC3)OC2)c(F)c1F. The lowest BCUT2D eigenvalue weighted by molar-refractivity contribution is -0.0656. The fourth-order valence-corrected chi connectivity index (χ4v) is 4.74. The quantitative estimate of drug-likeness (QED) is 0.463. The molecule has 2 fully saturated rings. The van der Waals surface area contributed by atoms with Crippen LogP contribution in [-0.4, -0.2) is 25.9 Å². The van der Waals surface area contributed by atoms with Crippen molar-refractivity contribution in [2.24, 2.45) is 17.8 Å². The largest absolute Gasteiger partial charge is 0.490 e. The third-order valence-electron chi connectivity index (χ3n) is 6.47. The molecular weight excluding hydrogens is 374 g/mol. The molecule has 5 heteroatoms. The summed E-state index contributed by atoms with van der Waals surface area (Å²) < 4.78 is 45.3. The molecule has 1 aromatic carbocycles. The van der Waals surface area contributed by atoms with Crippen molar-refractivity contribution >= 4 is 0 Å². The molecule has 164 valence electrons. The van der Waals surface area contributed by atoms with Crippen LogP contribution in [0.15, 0.2) is 12.1 Å². The predicted octanol–water partition coefficient (Wildman–Crippen LogP) is 6.53. The van der Waals surface area contributed by atoms with Gasteiger partial charge in [0.15, 0.2) is 11.5 Å². The summed E-state index contributed by atoms with van der Waals surface area (Å²) in [6.07, 6.45) is 11.1. The molecule has 0 radical (unpaired) electrons. The Morgan fingerprint density at radius 2 is 1.52 bits per heavy atom. The lowest BCUT2D eigenvalue weighted by atomic mass is 9.76. The van der Waals surface area contributed by atoms with Crippen molar-refractivity contribution in [1.82, 2.24) is 0 Å². The maximum Gasteiger partial charge on any atom is 0.204 e. The molecule has 29 heavy (non-hydrogen) atoms. The van der Waals surface area contributed by atoms with Crippen LogP contribution in [0.4, 0.5) is 8.78 Å². The Bertz CT molecular complexity index is 621. The van der Waals surface area contributed by atoms with Gasteiger partial charge in [0.25, 0.3) is 0 Å². The molecule has 1 heterocycles. The van der Waals surface area contributed by atoms with E-state index in [2.05, 4.69) is 6.92 Å². The van der Waals surface area contributed by atoms with E-state index in [0.717, 1.165) is 25.2 Å². The summed E-state index contributed by atoms with van der Waals surface area (Å²) in [6.45, 7) is 5.54. The summed E-state index contributed by atoms with van der Waals surface area (Å²) in [6, 6.07) is 2.89. The summed E-state index contributed by atoms with van der Waals surface area (Å²) in [5, 5.41) is 0. The van der Waals surface area contributed by atoms with Crippen molar-refractivity contribution in [1.29, 1.82) is 0 Å². The average Bonchev–Trinajstić information content (AvgIpc) is 2.75. The zero-order valence-electron chi connectivity index (χ0n) is 17.9. The minimum atomic E-state index is -0.977. The summed E-state index contributed by atoms with van der Waals surface area (Å²) in [5.74, 6) is -0.244. The summed E-state index contributed by atoms with van der Waals surface area (Å²) in [5.41, 5.74) is 0. The molecule has 0 aromatic heterocycles. The molecule has 0 N–H and O–H groups in total. The highest BCUT2D eigenvalue weighted by atomic mass is 19.2. The van der Waals surface area contributed by atoms with Gasteiger partial charge in [-0.3, -0.25) is 0 Å². The van der Waals surface area contributed by atoms with Gasteiger partial charge in [-0.1, -0.05) is 39.5 Å². The topological polar surface area (TPSA) is 27.7 Å². The second-order valence-electron chi connectivity index (χ2n) is 8.73. The highest BCUT2D eigenvalue weighted by molar-refractivity contribution is 5.35. The van der Waals surface area contributed by atoms with Crippen LogP contribution in [0.1, 0.15) is 71.6 Å². The van der Waals surface area contributed by atoms with Crippen molar-refractivity contribution in [3.63, 3.8) is 0 Å². The molecule has 3 nitrogen and oxygen atoms in total. The van der Waals surface area contributed by atoms with Gasteiger partial charge in [0.2, 0.25) is 11.6 Å². The van der Waals surface area contributed by atoms with E-state index >= 15 is 0 Å². The fourth-order valence-electron chi connectivity index (χ4n) is 4.74. The monoisotopic (exact) mass is 410 g/mol. The Hall–Kier alpha value is -1.36. The highest BCUT2D eigenvalue weighted by Gasteiger charge is 2.31. The first-order valence-corrected chi connectivity index (χ1v) is 11.5. The number of ether oxygens (including phenoxy) is 3. The first kappa shape index (κ1) is 22.3. The lowest BCUT2D eigenvalue weighted by Crippen LogP contribution is -2.35. The van der Waals surface area contributed by atoms with E-state index in [0.29, 0.717) is 31.8 Å². The van der Waals surface area contributed by atoms with E-state index < -0.39 is 11.6 Å². The van der Waals surface area contributed by atoms with Crippen molar-refractivity contribution in [2.45, 2.75) is 77.7 Å². The van der Waals surface area contributed by atoms with Crippen molar-refractivity contribution in [3.8, 4) is 11.5 Å². The van der Waals surface area contributed by atoms with Gasteiger partial charge in [0.1, 0.15) is 0 Å². The van der Waals surface area contributed by atoms with E-state index in [1.54, 1.807) is 0 Å². The molecule has 1 aliphatic heterocycles. The predicted molar refractivity (Wildman–Crippen MR) is 110 cm³/mol. The molecule has 3 rings (SSSR count). The van der Waals surface area contributed by atoms with Crippen LogP contribution in [0.2, 0.25) is 0 Å². The van der Waals surface area contributed by atoms with Gasteiger partial charge in [0.05, 0.1) is 25.9 Å². The van der Waals surface area contributed by atoms with Crippen LogP contribution >= 0.6 is 0 Å². The summed E-state index contributed by atoms with van der Waals surface area (Å²) in [7, 11) is 0. The molecule has 1 aliphatic carbocycles. The average molecular weight is 411 g/mol. The number of hydrogen-bond acceptors (Lipinski definition) is 3. The van der Waals surface area contributed by atoms with E-state index in [1.165, 1.54) is 50.7 Å². The Labute approximate surface area is 174 Å². The van der Waals surface area contributed by atoms with Gasteiger partial charge in [-0.25, -0.2) is 0 Å². The minimum Gasteiger partial charge on any atom is -0.490 e. The van der Waals surface area contributed by atoms with Crippen LogP contribution in [0.5, 0.6) is 11.5 Å². The van der Waals surface area contributed by atoms with E-state index in [1.807, 2.05) is 6.92 Å². The Morgan fingerprint density at radius 1 is 0.862 bits per heavy atom. The highest BCUT2D eigenvalue weighted by Crippen LogP contribution is 2.37. The molecule has 0 amide bonds. The molecule has 1 saturated heterocycles. The number of rotatable bonds is 9. The summed E-state index contributed by atoms with van der Waals surface area (Å²) >= 11 is 0. The van der Waals surface area contributed by atoms with Gasteiger partial charge in [-0.05, 0) is 56.1 Å². The lowest BCUT2D eigenvalue weighted by Gasteiger charge is -2.37. The second-order valence-corrected chi connectivity index (χ2v) is 8.73. The van der Waals surface area contributed by atoms with Crippen LogP contribution in [0.3, 0.4) is 0 Å². The van der Waals surface area contributed by atoms with Crippen molar-refractivity contribution < 1.29 is 23.0 Å². The summed E-state index contributed by atoms with van der Waals surface area (Å²) in [4.78, 5) is 0. The van der Waals surface area contributed by atoms with Crippen LogP contribution in [-0.2, 0) is 4.74 Å². The standard InChI is InChI=1S/C24H36F2O3/c1-3-5-17-6-9-19(10-7-17)20-11-8-18(15-28-20)16-29-22-13-12-21(27-14-4-2)23(25)24(22)26/h12-13,17-20H,3-11,14-16H2,1-2H3. The Morgan fingerprint density at radius 3 is 2.10 bits per heavy atom. The smallest absolute Gasteiger partial charge is 0.204 e.